The predicted molar refractivity (Wildman–Crippen MR) is 72.4 cm³/mol. The van der Waals surface area contributed by atoms with E-state index in [1.807, 2.05) is 0 Å². The third-order valence-corrected chi connectivity index (χ3v) is 3.35. The van der Waals surface area contributed by atoms with Crippen LogP contribution in [0.3, 0.4) is 0 Å². The Hall–Kier alpha value is -1.08. The molecular formula is C13H15BrF3NO2. The average molecular weight is 354 g/mol. The van der Waals surface area contributed by atoms with Crippen LogP contribution in [0, 0.1) is 0 Å². The van der Waals surface area contributed by atoms with E-state index < -0.39 is 17.6 Å². The number of rotatable bonds is 6. The van der Waals surface area contributed by atoms with Crippen molar-refractivity contribution in [2.45, 2.75) is 25.4 Å². The number of nitrogens with one attached hydrogen (secondary N) is 1. The second-order valence-corrected chi connectivity index (χ2v) is 5.09. The fraction of sp³-hybridized carbons (Fsp3) is 0.462. The van der Waals surface area contributed by atoms with Crippen LogP contribution >= 0.6 is 15.9 Å². The first-order valence-electron chi connectivity index (χ1n) is 6.12. The summed E-state index contributed by atoms with van der Waals surface area (Å²) in [5.74, 6) is -0.549. The summed E-state index contributed by atoms with van der Waals surface area (Å²) >= 11 is 3.07. The van der Waals surface area contributed by atoms with Crippen molar-refractivity contribution in [3.8, 4) is 0 Å². The van der Waals surface area contributed by atoms with Gasteiger partial charge in [-0.25, -0.2) is 0 Å². The highest BCUT2D eigenvalue weighted by Gasteiger charge is 2.31. The molecule has 0 aliphatic carbocycles. The second-order valence-electron chi connectivity index (χ2n) is 4.23. The molecule has 0 aliphatic rings. The second kappa shape index (κ2) is 7.64. The van der Waals surface area contributed by atoms with Crippen LogP contribution in [0.4, 0.5) is 13.2 Å². The molecule has 0 heterocycles. The first kappa shape index (κ1) is 17.0. The van der Waals surface area contributed by atoms with Crippen molar-refractivity contribution in [3.05, 3.63) is 33.8 Å². The molecule has 1 aromatic rings. The molecule has 0 bridgehead atoms. The van der Waals surface area contributed by atoms with Gasteiger partial charge in [0.2, 0.25) is 0 Å². The minimum atomic E-state index is -4.48. The van der Waals surface area contributed by atoms with E-state index in [1.54, 1.807) is 0 Å². The predicted octanol–water partition coefficient (Wildman–Crippen LogP) is 3.36. The molecule has 0 radical (unpaired) electrons. The van der Waals surface area contributed by atoms with E-state index >= 15 is 0 Å². The maximum absolute atomic E-state index is 12.6. The smallest absolute Gasteiger partial charge is 0.396 e. The Balaban J connectivity index is 2.67. The van der Waals surface area contributed by atoms with E-state index in [2.05, 4.69) is 21.2 Å². The molecular weight excluding hydrogens is 339 g/mol. The fourth-order valence-electron chi connectivity index (χ4n) is 1.59. The molecule has 20 heavy (non-hydrogen) atoms. The molecule has 1 aromatic carbocycles. The summed E-state index contributed by atoms with van der Waals surface area (Å²) in [6.07, 6.45) is -2.41. The monoisotopic (exact) mass is 353 g/mol. The van der Waals surface area contributed by atoms with Crippen molar-refractivity contribution in [1.82, 2.24) is 5.32 Å². The Bertz CT molecular complexity index is 463. The van der Waals surface area contributed by atoms with E-state index in [-0.39, 0.29) is 12.2 Å². The van der Waals surface area contributed by atoms with E-state index in [0.717, 1.165) is 18.6 Å². The van der Waals surface area contributed by atoms with Gasteiger partial charge in [0.1, 0.15) is 0 Å². The summed E-state index contributed by atoms with van der Waals surface area (Å²) < 4.78 is 38.1. The van der Waals surface area contributed by atoms with E-state index in [0.29, 0.717) is 23.9 Å². The zero-order valence-corrected chi connectivity index (χ0v) is 12.2. The number of aliphatic hydroxyl groups is 1. The van der Waals surface area contributed by atoms with Gasteiger partial charge in [-0.05, 0) is 53.4 Å². The summed E-state index contributed by atoms with van der Waals surface area (Å²) in [4.78, 5) is 11.8. The SMILES string of the molecule is O=C(NCCCCCO)c1cc(C(F)(F)F)ccc1Br. The average Bonchev–Trinajstić information content (AvgIpc) is 2.37. The third kappa shape index (κ3) is 5.13. The maximum Gasteiger partial charge on any atom is 0.416 e. The Kier molecular flexibility index (Phi) is 6.48. The molecule has 2 N–H and O–H groups in total. The Labute approximate surface area is 123 Å². The van der Waals surface area contributed by atoms with Crippen LogP contribution in [0.1, 0.15) is 35.2 Å². The summed E-state index contributed by atoms with van der Waals surface area (Å²) in [7, 11) is 0. The Morgan fingerprint density at radius 1 is 1.25 bits per heavy atom. The lowest BCUT2D eigenvalue weighted by Gasteiger charge is -2.11. The molecule has 112 valence electrons. The molecule has 3 nitrogen and oxygen atoms in total. The number of aliphatic hydroxyl groups excluding tert-OH is 1. The van der Waals surface area contributed by atoms with Gasteiger partial charge >= 0.3 is 6.18 Å². The van der Waals surface area contributed by atoms with Gasteiger partial charge in [-0.1, -0.05) is 0 Å². The lowest BCUT2D eigenvalue weighted by atomic mass is 10.1. The fourth-order valence-corrected chi connectivity index (χ4v) is 2.01. The number of hydrogen-bond donors (Lipinski definition) is 2. The quantitative estimate of drug-likeness (QED) is 0.770. The van der Waals surface area contributed by atoms with Crippen molar-refractivity contribution >= 4 is 21.8 Å². The molecule has 0 unspecified atom stereocenters. The number of benzene rings is 1. The zero-order chi connectivity index (χ0) is 15.2. The van der Waals surface area contributed by atoms with Crippen LogP contribution in [0.15, 0.2) is 22.7 Å². The molecule has 1 amide bonds. The molecule has 7 heteroatoms. The first-order chi connectivity index (χ1) is 9.36. The number of halogens is 4. The van der Waals surface area contributed by atoms with Crippen molar-refractivity contribution in [3.63, 3.8) is 0 Å². The molecule has 0 spiro atoms. The van der Waals surface area contributed by atoms with E-state index in [1.165, 1.54) is 6.07 Å². The van der Waals surface area contributed by atoms with Crippen LogP contribution in [0.5, 0.6) is 0 Å². The van der Waals surface area contributed by atoms with Gasteiger partial charge in [-0.15, -0.1) is 0 Å². The highest BCUT2D eigenvalue weighted by Crippen LogP contribution is 2.31. The van der Waals surface area contributed by atoms with Crippen LogP contribution in [0.25, 0.3) is 0 Å². The summed E-state index contributed by atoms with van der Waals surface area (Å²) in [5, 5.41) is 11.2. The van der Waals surface area contributed by atoms with Crippen LogP contribution in [-0.2, 0) is 6.18 Å². The number of hydrogen-bond acceptors (Lipinski definition) is 2. The van der Waals surface area contributed by atoms with Crippen LogP contribution in [-0.4, -0.2) is 24.2 Å². The highest BCUT2D eigenvalue weighted by molar-refractivity contribution is 9.10. The number of alkyl halides is 3. The van der Waals surface area contributed by atoms with Gasteiger partial charge in [-0.2, -0.15) is 13.2 Å². The normalized spacial score (nSPS) is 11.4. The number of carbonyl (C=O) groups is 1. The minimum Gasteiger partial charge on any atom is -0.396 e. The van der Waals surface area contributed by atoms with Crippen molar-refractivity contribution in [2.24, 2.45) is 0 Å². The molecule has 0 saturated heterocycles. The standard InChI is InChI=1S/C13H15BrF3NO2/c14-11-5-4-9(13(15,16)17)8-10(11)12(20)18-6-2-1-3-7-19/h4-5,8,19H,1-3,6-7H2,(H,18,20). The van der Waals surface area contributed by atoms with Gasteiger partial charge in [-0.3, -0.25) is 4.79 Å². The molecule has 0 aliphatic heterocycles. The van der Waals surface area contributed by atoms with Crippen molar-refractivity contribution < 1.29 is 23.1 Å². The zero-order valence-electron chi connectivity index (χ0n) is 10.6. The molecule has 0 aromatic heterocycles. The lowest BCUT2D eigenvalue weighted by molar-refractivity contribution is -0.137. The van der Waals surface area contributed by atoms with Gasteiger partial charge < -0.3 is 10.4 Å². The largest absolute Gasteiger partial charge is 0.416 e. The first-order valence-corrected chi connectivity index (χ1v) is 6.91. The maximum atomic E-state index is 12.6. The van der Waals surface area contributed by atoms with Gasteiger partial charge in [0.25, 0.3) is 5.91 Å². The number of carbonyl (C=O) groups excluding carboxylic acids is 1. The molecule has 0 saturated carbocycles. The van der Waals surface area contributed by atoms with E-state index in [9.17, 15) is 18.0 Å². The Morgan fingerprint density at radius 3 is 2.55 bits per heavy atom. The van der Waals surface area contributed by atoms with E-state index in [4.69, 9.17) is 5.11 Å². The third-order valence-electron chi connectivity index (χ3n) is 2.66. The molecule has 1 rings (SSSR count). The Morgan fingerprint density at radius 2 is 1.95 bits per heavy atom. The molecule has 0 atom stereocenters. The minimum absolute atomic E-state index is 0.0398. The van der Waals surface area contributed by atoms with Gasteiger partial charge in [0, 0.05) is 17.6 Å². The van der Waals surface area contributed by atoms with Crippen molar-refractivity contribution in [1.29, 1.82) is 0 Å². The number of amides is 1. The number of unbranched alkanes of at least 4 members (excludes halogenated alkanes) is 2. The van der Waals surface area contributed by atoms with Crippen LogP contribution in [0.2, 0.25) is 0 Å². The summed E-state index contributed by atoms with van der Waals surface area (Å²) in [6, 6.07) is 2.96. The van der Waals surface area contributed by atoms with Gasteiger partial charge in [0.15, 0.2) is 0 Å². The topological polar surface area (TPSA) is 49.3 Å². The van der Waals surface area contributed by atoms with Crippen molar-refractivity contribution in [2.75, 3.05) is 13.2 Å². The molecule has 0 fully saturated rings. The highest BCUT2D eigenvalue weighted by atomic mass is 79.9. The lowest BCUT2D eigenvalue weighted by Crippen LogP contribution is -2.25. The summed E-state index contributed by atoms with van der Waals surface area (Å²) in [6.45, 7) is 0.453. The summed E-state index contributed by atoms with van der Waals surface area (Å²) in [5.41, 5.74) is -0.895. The van der Waals surface area contributed by atoms with Crippen LogP contribution < -0.4 is 5.32 Å². The van der Waals surface area contributed by atoms with Gasteiger partial charge in [0.05, 0.1) is 11.1 Å².